The van der Waals surface area contributed by atoms with Crippen molar-refractivity contribution >= 4 is 29.3 Å². The Bertz CT molecular complexity index is 762. The first-order valence-corrected chi connectivity index (χ1v) is 9.17. The minimum atomic E-state index is -0.261. The van der Waals surface area contributed by atoms with Gasteiger partial charge in [-0.3, -0.25) is 0 Å². The van der Waals surface area contributed by atoms with Gasteiger partial charge < -0.3 is 0 Å². The molecule has 1 saturated carbocycles. The molecule has 1 aliphatic rings. The predicted octanol–water partition coefficient (Wildman–Crippen LogP) is 6.19. The highest BCUT2D eigenvalue weighted by atomic mass is 35.5. The Kier molecular flexibility index (Phi) is 4.97. The summed E-state index contributed by atoms with van der Waals surface area (Å²) in [6.07, 6.45) is 2.32. The van der Waals surface area contributed by atoms with Crippen LogP contribution in [0.25, 0.3) is 11.3 Å². The molecule has 1 heterocycles. The predicted molar refractivity (Wildman–Crippen MR) is 101 cm³/mol. The van der Waals surface area contributed by atoms with E-state index in [1.54, 1.807) is 24.1 Å². The van der Waals surface area contributed by atoms with E-state index in [1.807, 2.05) is 12.1 Å². The van der Waals surface area contributed by atoms with E-state index in [2.05, 4.69) is 25.8 Å². The Morgan fingerprint density at radius 3 is 2.46 bits per heavy atom. The lowest BCUT2D eigenvalue weighted by atomic mass is 10.0. The Morgan fingerprint density at radius 2 is 1.88 bits per heavy atom. The highest BCUT2D eigenvalue weighted by molar-refractivity contribution is 7.99. The SMILES string of the molecule is CC(C)(C)S/N=C(\c1cc(Cl)nc(-c2ccc(F)cc2)c1)C1CC1. The number of pyridine rings is 1. The molecule has 3 rings (SSSR count). The van der Waals surface area contributed by atoms with Crippen molar-refractivity contribution in [2.24, 2.45) is 10.3 Å². The average Bonchev–Trinajstić information content (AvgIpc) is 3.31. The van der Waals surface area contributed by atoms with Gasteiger partial charge in [-0.05, 0) is 82.0 Å². The smallest absolute Gasteiger partial charge is 0.130 e. The van der Waals surface area contributed by atoms with Gasteiger partial charge >= 0.3 is 0 Å². The largest absolute Gasteiger partial charge is 0.236 e. The molecule has 1 aliphatic carbocycles. The van der Waals surface area contributed by atoms with Gasteiger partial charge in [0, 0.05) is 21.8 Å². The lowest BCUT2D eigenvalue weighted by molar-refractivity contribution is 0.628. The molecule has 2 nitrogen and oxygen atoms in total. The maximum absolute atomic E-state index is 13.1. The molecule has 0 amide bonds. The van der Waals surface area contributed by atoms with Gasteiger partial charge in [-0.2, -0.15) is 0 Å². The number of benzene rings is 1. The summed E-state index contributed by atoms with van der Waals surface area (Å²) in [5.41, 5.74) is 3.68. The molecule has 0 saturated heterocycles. The topological polar surface area (TPSA) is 25.2 Å². The van der Waals surface area contributed by atoms with E-state index in [1.165, 1.54) is 12.1 Å². The molecule has 1 fully saturated rings. The van der Waals surface area contributed by atoms with Crippen LogP contribution in [0.5, 0.6) is 0 Å². The van der Waals surface area contributed by atoms with Crippen LogP contribution in [0.2, 0.25) is 5.15 Å². The number of rotatable bonds is 4. The third-order valence-corrected chi connectivity index (χ3v) is 4.64. The molecule has 1 aromatic heterocycles. The minimum Gasteiger partial charge on any atom is -0.236 e. The molecular weight excluding hydrogens is 343 g/mol. The molecule has 0 unspecified atom stereocenters. The van der Waals surface area contributed by atoms with Gasteiger partial charge in [-0.1, -0.05) is 11.6 Å². The fourth-order valence-corrected chi connectivity index (χ4v) is 3.15. The number of nitrogens with zero attached hydrogens (tertiary/aromatic N) is 2. The van der Waals surface area contributed by atoms with E-state index >= 15 is 0 Å². The van der Waals surface area contributed by atoms with E-state index in [0.717, 1.165) is 35.4 Å². The number of hydrogen-bond donors (Lipinski definition) is 0. The zero-order valence-electron chi connectivity index (χ0n) is 14.0. The van der Waals surface area contributed by atoms with Crippen LogP contribution < -0.4 is 0 Å². The molecule has 0 bridgehead atoms. The van der Waals surface area contributed by atoms with Crippen LogP contribution in [0.1, 0.15) is 39.2 Å². The van der Waals surface area contributed by atoms with E-state index in [9.17, 15) is 4.39 Å². The van der Waals surface area contributed by atoms with Crippen molar-refractivity contribution in [2.45, 2.75) is 38.4 Å². The average molecular weight is 363 g/mol. The van der Waals surface area contributed by atoms with Crippen LogP contribution in [0.4, 0.5) is 4.39 Å². The fourth-order valence-electron chi connectivity index (χ4n) is 2.32. The number of hydrogen-bond acceptors (Lipinski definition) is 3. The van der Waals surface area contributed by atoms with Gasteiger partial charge in [0.15, 0.2) is 0 Å². The molecule has 5 heteroatoms. The normalized spacial score (nSPS) is 15.6. The van der Waals surface area contributed by atoms with Gasteiger partial charge in [0.2, 0.25) is 0 Å². The highest BCUT2D eigenvalue weighted by Gasteiger charge is 2.30. The van der Waals surface area contributed by atoms with Gasteiger partial charge in [-0.25, -0.2) is 13.8 Å². The maximum atomic E-state index is 13.1. The number of halogens is 2. The Hall–Kier alpha value is -1.39. The van der Waals surface area contributed by atoms with Crippen LogP contribution in [0.3, 0.4) is 0 Å². The van der Waals surface area contributed by atoms with Crippen LogP contribution >= 0.6 is 23.5 Å². The molecule has 0 N–H and O–H groups in total. The molecule has 2 aromatic rings. The Balaban J connectivity index is 1.99. The number of aromatic nitrogens is 1. The lowest BCUT2D eigenvalue weighted by Gasteiger charge is -2.15. The Morgan fingerprint density at radius 1 is 1.21 bits per heavy atom. The molecule has 126 valence electrons. The Labute approximate surface area is 151 Å². The lowest BCUT2D eigenvalue weighted by Crippen LogP contribution is -2.09. The van der Waals surface area contributed by atoms with Crippen molar-refractivity contribution in [3.05, 3.63) is 52.9 Å². The molecular formula is C19H20ClFN2S. The van der Waals surface area contributed by atoms with Gasteiger partial charge in [0.1, 0.15) is 11.0 Å². The van der Waals surface area contributed by atoms with E-state index in [-0.39, 0.29) is 10.6 Å². The molecule has 0 aliphatic heterocycles. The summed E-state index contributed by atoms with van der Waals surface area (Å²) >= 11 is 7.83. The summed E-state index contributed by atoms with van der Waals surface area (Å²) in [6, 6.07) is 10.2. The molecule has 0 radical (unpaired) electrons. The summed E-state index contributed by atoms with van der Waals surface area (Å²) in [7, 11) is 0. The van der Waals surface area contributed by atoms with Gasteiger partial charge in [-0.15, -0.1) is 0 Å². The second-order valence-corrected chi connectivity index (χ2v) is 9.00. The highest BCUT2D eigenvalue weighted by Crippen LogP contribution is 2.37. The summed E-state index contributed by atoms with van der Waals surface area (Å²) < 4.78 is 18.0. The van der Waals surface area contributed by atoms with Crippen LogP contribution in [-0.4, -0.2) is 15.4 Å². The van der Waals surface area contributed by atoms with Crippen molar-refractivity contribution in [3.63, 3.8) is 0 Å². The van der Waals surface area contributed by atoms with Gasteiger partial charge in [0.25, 0.3) is 0 Å². The zero-order valence-corrected chi connectivity index (χ0v) is 15.6. The van der Waals surface area contributed by atoms with Crippen molar-refractivity contribution < 1.29 is 4.39 Å². The minimum absolute atomic E-state index is 0.0662. The maximum Gasteiger partial charge on any atom is 0.130 e. The molecule has 24 heavy (non-hydrogen) atoms. The standard InChI is InChI=1S/C19H20ClFN2S/c1-19(2,3)24-23-18(13-4-5-13)14-10-16(22-17(20)11-14)12-6-8-15(21)9-7-12/h6-11,13H,4-5H2,1-3H3/b23-18-. The third kappa shape index (κ3) is 4.58. The van der Waals surface area contributed by atoms with E-state index in [0.29, 0.717) is 11.1 Å². The van der Waals surface area contributed by atoms with E-state index in [4.69, 9.17) is 16.0 Å². The second-order valence-electron chi connectivity index (χ2n) is 7.03. The molecule has 1 aromatic carbocycles. The van der Waals surface area contributed by atoms with Crippen LogP contribution in [-0.2, 0) is 0 Å². The fraction of sp³-hybridized carbons (Fsp3) is 0.368. The molecule has 0 spiro atoms. The van der Waals surface area contributed by atoms with Crippen molar-refractivity contribution in [3.8, 4) is 11.3 Å². The quantitative estimate of drug-likeness (QED) is 0.368. The van der Waals surface area contributed by atoms with Gasteiger partial charge in [0.05, 0.1) is 11.4 Å². The van der Waals surface area contributed by atoms with Crippen molar-refractivity contribution in [1.29, 1.82) is 0 Å². The summed E-state index contributed by atoms with van der Waals surface area (Å²) in [5, 5.41) is 0.431. The first-order chi connectivity index (χ1) is 11.3. The van der Waals surface area contributed by atoms with Crippen molar-refractivity contribution in [2.75, 3.05) is 0 Å². The summed E-state index contributed by atoms with van der Waals surface area (Å²) in [6.45, 7) is 6.44. The summed E-state index contributed by atoms with van der Waals surface area (Å²) in [5.74, 6) is 0.238. The first kappa shape index (κ1) is 17.4. The summed E-state index contributed by atoms with van der Waals surface area (Å²) in [4.78, 5) is 4.39. The monoisotopic (exact) mass is 362 g/mol. The first-order valence-electron chi connectivity index (χ1n) is 8.02. The second kappa shape index (κ2) is 6.85. The van der Waals surface area contributed by atoms with E-state index < -0.39 is 0 Å². The molecule has 0 atom stereocenters. The zero-order chi connectivity index (χ0) is 17.3. The van der Waals surface area contributed by atoms with Crippen LogP contribution in [0, 0.1) is 11.7 Å². The van der Waals surface area contributed by atoms with Crippen LogP contribution in [0.15, 0.2) is 40.8 Å². The third-order valence-electron chi connectivity index (χ3n) is 3.61. The van der Waals surface area contributed by atoms with Crippen molar-refractivity contribution in [1.82, 2.24) is 4.98 Å².